The van der Waals surface area contributed by atoms with Crippen molar-refractivity contribution in [2.45, 2.75) is 38.6 Å². The number of benzene rings is 1. The second-order valence-corrected chi connectivity index (χ2v) is 4.96. The van der Waals surface area contributed by atoms with Crippen LogP contribution in [-0.4, -0.2) is 18.9 Å². The normalized spacial score (nSPS) is 16.1. The van der Waals surface area contributed by atoms with Gasteiger partial charge in [-0.3, -0.25) is 5.41 Å². The zero-order valence-corrected chi connectivity index (χ0v) is 10.7. The van der Waals surface area contributed by atoms with Crippen LogP contribution in [0.4, 0.5) is 5.69 Å². The lowest BCUT2D eigenvalue weighted by Gasteiger charge is -2.27. The zero-order valence-electron chi connectivity index (χ0n) is 10.7. The zero-order chi connectivity index (χ0) is 12.4. The van der Waals surface area contributed by atoms with Gasteiger partial charge in [0.1, 0.15) is 5.84 Å². The fraction of sp³-hybridized carbons (Fsp3) is 0.500. The Balaban J connectivity index is 2.21. The van der Waals surface area contributed by atoms with Crippen molar-refractivity contribution in [3.8, 4) is 0 Å². The van der Waals surface area contributed by atoms with Gasteiger partial charge in [-0.05, 0) is 43.5 Å². The third-order valence-electron chi connectivity index (χ3n) is 3.78. The summed E-state index contributed by atoms with van der Waals surface area (Å²) in [5, 5.41) is 7.49. The van der Waals surface area contributed by atoms with Crippen LogP contribution >= 0.6 is 0 Å². The average molecular weight is 231 g/mol. The Kier molecular flexibility index (Phi) is 3.36. The third kappa shape index (κ3) is 2.43. The van der Waals surface area contributed by atoms with Crippen LogP contribution in [0.1, 0.15) is 36.8 Å². The molecule has 3 heteroatoms. The Morgan fingerprint density at radius 3 is 2.53 bits per heavy atom. The molecule has 0 unspecified atom stereocenters. The van der Waals surface area contributed by atoms with E-state index in [0.29, 0.717) is 6.04 Å². The number of rotatable bonds is 3. The van der Waals surface area contributed by atoms with Crippen molar-refractivity contribution in [3.63, 3.8) is 0 Å². The lowest BCUT2D eigenvalue weighted by Crippen LogP contribution is -2.28. The summed E-state index contributed by atoms with van der Waals surface area (Å²) in [7, 11) is 2.16. The summed E-state index contributed by atoms with van der Waals surface area (Å²) in [6.07, 6.45) is 5.28. The minimum absolute atomic E-state index is 0.151. The van der Waals surface area contributed by atoms with Gasteiger partial charge in [-0.25, -0.2) is 0 Å². The molecule has 1 saturated carbocycles. The smallest absolute Gasteiger partial charge is 0.123 e. The molecular formula is C14H21N3. The van der Waals surface area contributed by atoms with Gasteiger partial charge < -0.3 is 10.6 Å². The van der Waals surface area contributed by atoms with E-state index in [2.05, 4.69) is 24.1 Å². The van der Waals surface area contributed by atoms with Crippen LogP contribution in [0.5, 0.6) is 0 Å². The predicted molar refractivity (Wildman–Crippen MR) is 72.9 cm³/mol. The summed E-state index contributed by atoms with van der Waals surface area (Å²) >= 11 is 0. The first-order valence-corrected chi connectivity index (χ1v) is 6.27. The molecule has 1 aliphatic carbocycles. The maximum absolute atomic E-state index is 7.49. The molecule has 0 aliphatic heterocycles. The van der Waals surface area contributed by atoms with Crippen LogP contribution < -0.4 is 10.6 Å². The van der Waals surface area contributed by atoms with Crippen LogP contribution in [0.2, 0.25) is 0 Å². The van der Waals surface area contributed by atoms with Crippen molar-refractivity contribution in [2.75, 3.05) is 11.9 Å². The van der Waals surface area contributed by atoms with Gasteiger partial charge in [-0.1, -0.05) is 12.8 Å². The molecule has 2 rings (SSSR count). The molecule has 17 heavy (non-hydrogen) atoms. The molecule has 1 fully saturated rings. The third-order valence-corrected chi connectivity index (χ3v) is 3.78. The maximum Gasteiger partial charge on any atom is 0.123 e. The largest absolute Gasteiger partial charge is 0.384 e. The summed E-state index contributed by atoms with van der Waals surface area (Å²) < 4.78 is 0. The molecule has 0 bridgehead atoms. The van der Waals surface area contributed by atoms with Crippen molar-refractivity contribution in [1.82, 2.24) is 0 Å². The fourth-order valence-corrected chi connectivity index (χ4v) is 2.67. The summed E-state index contributed by atoms with van der Waals surface area (Å²) in [6, 6.07) is 6.84. The Labute approximate surface area is 103 Å². The van der Waals surface area contributed by atoms with E-state index < -0.39 is 0 Å². The molecular weight excluding hydrogens is 210 g/mol. The molecule has 3 N–H and O–H groups in total. The van der Waals surface area contributed by atoms with Gasteiger partial charge in [0.15, 0.2) is 0 Å². The first-order chi connectivity index (χ1) is 8.09. The SMILES string of the molecule is Cc1cc(N(C)C2CCCC2)ccc1C(=N)N. The summed E-state index contributed by atoms with van der Waals surface area (Å²) in [6.45, 7) is 2.02. The standard InChI is InChI=1S/C14H21N3/c1-10-9-12(7-8-13(10)14(15)16)17(2)11-5-3-4-6-11/h7-9,11H,3-6H2,1-2H3,(H3,15,16). The number of nitrogens with one attached hydrogen (secondary N) is 1. The molecule has 0 heterocycles. The maximum atomic E-state index is 7.49. The number of nitrogens with zero attached hydrogens (tertiary/aromatic N) is 1. The van der Waals surface area contributed by atoms with E-state index in [-0.39, 0.29) is 5.84 Å². The molecule has 0 radical (unpaired) electrons. The van der Waals surface area contributed by atoms with Crippen molar-refractivity contribution in [3.05, 3.63) is 29.3 Å². The predicted octanol–water partition coefficient (Wildman–Crippen LogP) is 2.66. The van der Waals surface area contributed by atoms with E-state index in [4.69, 9.17) is 11.1 Å². The number of nitrogen functional groups attached to an aromatic ring is 1. The Hall–Kier alpha value is -1.51. The summed E-state index contributed by atoms with van der Waals surface area (Å²) in [4.78, 5) is 2.36. The number of aryl methyl sites for hydroxylation is 1. The minimum Gasteiger partial charge on any atom is -0.384 e. The Morgan fingerprint density at radius 2 is 2.00 bits per heavy atom. The van der Waals surface area contributed by atoms with E-state index in [1.54, 1.807) is 0 Å². The van der Waals surface area contributed by atoms with Gasteiger partial charge in [-0.2, -0.15) is 0 Å². The van der Waals surface area contributed by atoms with Crippen LogP contribution in [0.3, 0.4) is 0 Å². The van der Waals surface area contributed by atoms with E-state index in [0.717, 1.165) is 11.1 Å². The Bertz CT molecular complexity index is 419. The van der Waals surface area contributed by atoms with E-state index in [1.165, 1.54) is 31.4 Å². The number of anilines is 1. The number of hydrogen-bond acceptors (Lipinski definition) is 2. The van der Waals surface area contributed by atoms with E-state index in [1.807, 2.05) is 13.0 Å². The topological polar surface area (TPSA) is 53.1 Å². The highest BCUT2D eigenvalue weighted by Gasteiger charge is 2.20. The number of nitrogens with two attached hydrogens (primary N) is 1. The fourth-order valence-electron chi connectivity index (χ4n) is 2.67. The Morgan fingerprint density at radius 1 is 1.35 bits per heavy atom. The van der Waals surface area contributed by atoms with Gasteiger partial charge in [0.25, 0.3) is 0 Å². The number of hydrogen-bond donors (Lipinski definition) is 2. The van der Waals surface area contributed by atoms with E-state index >= 15 is 0 Å². The molecule has 1 aromatic rings. The van der Waals surface area contributed by atoms with Crippen molar-refractivity contribution in [1.29, 1.82) is 5.41 Å². The van der Waals surface area contributed by atoms with Crippen LogP contribution in [0.25, 0.3) is 0 Å². The lowest BCUT2D eigenvalue weighted by molar-refractivity contribution is 0.653. The van der Waals surface area contributed by atoms with Gasteiger partial charge >= 0.3 is 0 Å². The highest BCUT2D eigenvalue weighted by Crippen LogP contribution is 2.27. The van der Waals surface area contributed by atoms with Crippen molar-refractivity contribution < 1.29 is 0 Å². The van der Waals surface area contributed by atoms with Crippen LogP contribution in [-0.2, 0) is 0 Å². The first kappa shape index (κ1) is 12.0. The molecule has 1 aromatic carbocycles. The quantitative estimate of drug-likeness (QED) is 0.620. The first-order valence-electron chi connectivity index (χ1n) is 6.27. The number of amidine groups is 1. The lowest BCUT2D eigenvalue weighted by atomic mass is 10.1. The second kappa shape index (κ2) is 4.78. The van der Waals surface area contributed by atoms with Gasteiger partial charge in [0.05, 0.1) is 0 Å². The molecule has 0 atom stereocenters. The molecule has 3 nitrogen and oxygen atoms in total. The van der Waals surface area contributed by atoms with Crippen LogP contribution in [0.15, 0.2) is 18.2 Å². The highest BCUT2D eigenvalue weighted by atomic mass is 15.1. The molecule has 0 spiro atoms. The van der Waals surface area contributed by atoms with Gasteiger partial charge in [0.2, 0.25) is 0 Å². The summed E-state index contributed by atoms with van der Waals surface area (Å²) in [5.41, 5.74) is 8.69. The second-order valence-electron chi connectivity index (χ2n) is 4.96. The molecule has 0 amide bonds. The van der Waals surface area contributed by atoms with Gasteiger partial charge in [-0.15, -0.1) is 0 Å². The van der Waals surface area contributed by atoms with Crippen molar-refractivity contribution >= 4 is 11.5 Å². The molecule has 92 valence electrons. The van der Waals surface area contributed by atoms with Crippen molar-refractivity contribution in [2.24, 2.45) is 5.73 Å². The van der Waals surface area contributed by atoms with Crippen LogP contribution in [0, 0.1) is 12.3 Å². The molecule has 0 aromatic heterocycles. The minimum atomic E-state index is 0.151. The van der Waals surface area contributed by atoms with E-state index in [9.17, 15) is 0 Å². The molecule has 0 saturated heterocycles. The van der Waals surface area contributed by atoms with Gasteiger partial charge in [0, 0.05) is 24.3 Å². The summed E-state index contributed by atoms with van der Waals surface area (Å²) in [5.74, 6) is 0.151. The molecule has 1 aliphatic rings. The highest BCUT2D eigenvalue weighted by molar-refractivity contribution is 5.96. The monoisotopic (exact) mass is 231 g/mol. The average Bonchev–Trinajstić information content (AvgIpc) is 2.80.